The van der Waals surface area contributed by atoms with Crippen molar-refractivity contribution in [1.82, 2.24) is 24.8 Å². The number of sulfonamides is 1. The summed E-state index contributed by atoms with van der Waals surface area (Å²) in [6.45, 7) is 15.2. The minimum atomic E-state index is -4.19. The van der Waals surface area contributed by atoms with Gasteiger partial charge in [0.15, 0.2) is 0 Å². The van der Waals surface area contributed by atoms with Crippen molar-refractivity contribution in [2.75, 3.05) is 37.0 Å². The summed E-state index contributed by atoms with van der Waals surface area (Å²) in [5, 5.41) is 0. The van der Waals surface area contributed by atoms with E-state index in [1.54, 1.807) is 42.6 Å². The summed E-state index contributed by atoms with van der Waals surface area (Å²) < 4.78 is 41.9. The van der Waals surface area contributed by atoms with Crippen molar-refractivity contribution < 1.29 is 22.7 Å². The number of hydrogen-bond acceptors (Lipinski definition) is 10. The monoisotopic (exact) mass is 715 g/mol. The Morgan fingerprint density at radius 3 is 2.41 bits per heavy atom. The van der Waals surface area contributed by atoms with Crippen LogP contribution in [0.4, 0.5) is 11.8 Å². The maximum atomic E-state index is 14.6. The molecule has 1 N–H and O–H groups in total. The highest BCUT2D eigenvalue weighted by atomic mass is 32.2. The lowest BCUT2D eigenvalue weighted by molar-refractivity contribution is 0.0509. The normalized spacial score (nSPS) is 16.7. The van der Waals surface area contributed by atoms with Crippen LogP contribution in [0.25, 0.3) is 11.3 Å². The van der Waals surface area contributed by atoms with Crippen molar-refractivity contribution in [3.8, 4) is 17.1 Å². The fraction of sp³-hybridized carbons (Fsp3) is 0.447. The number of fused-ring (bicyclic) bond motifs is 4. The van der Waals surface area contributed by atoms with Crippen molar-refractivity contribution in [1.29, 1.82) is 0 Å². The Bertz CT molecular complexity index is 1960. The van der Waals surface area contributed by atoms with Gasteiger partial charge in [0.1, 0.15) is 12.4 Å². The van der Waals surface area contributed by atoms with Crippen LogP contribution in [0.5, 0.6) is 5.88 Å². The Labute approximate surface area is 301 Å². The van der Waals surface area contributed by atoms with Gasteiger partial charge in [-0.25, -0.2) is 23.1 Å². The number of nitrogens with zero attached hydrogens (tertiary/aromatic N) is 6. The number of nitrogens with one attached hydrogen (secondary N) is 1. The average Bonchev–Trinajstić information content (AvgIpc) is 3.06. The Kier molecular flexibility index (Phi) is 11.3. The van der Waals surface area contributed by atoms with Gasteiger partial charge in [0.05, 0.1) is 53.9 Å². The van der Waals surface area contributed by atoms with Crippen LogP contribution in [0.2, 0.25) is 0 Å². The third-order valence-electron chi connectivity index (χ3n) is 9.00. The van der Waals surface area contributed by atoms with Gasteiger partial charge in [-0.1, -0.05) is 58.9 Å². The van der Waals surface area contributed by atoms with Crippen LogP contribution < -0.4 is 14.4 Å². The Morgan fingerprint density at radius 2 is 1.75 bits per heavy atom. The standard InChI is InChI=1S/C38H49N7O5S/c1-24(2)32(23-49-9)44(8)33-20-39-19-28(40-33)21-45-29(18-38(5,6)7)22-50-34-17-31(35-25(3)12-10-13-26(35)4)41-37(42-34)43-51(47,48)30-15-11-14-27(16-30)36(45)46/h10-17,19-20,24,29,32H,18,21-23H2,1-9H3,(H,41,42,43)/t29-,32-/m1/s1. The number of anilines is 2. The number of benzene rings is 2. The molecule has 4 aromatic rings. The quantitative estimate of drug-likeness (QED) is 0.210. The summed E-state index contributed by atoms with van der Waals surface area (Å²) in [4.78, 5) is 36.8. The molecule has 272 valence electrons. The Hall–Kier alpha value is -4.62. The van der Waals surface area contributed by atoms with Crippen molar-refractivity contribution in [2.45, 2.75) is 78.4 Å². The number of hydrogen-bond donors (Lipinski definition) is 1. The summed E-state index contributed by atoms with van der Waals surface area (Å²) in [5.74, 6) is 0.619. The van der Waals surface area contributed by atoms with Crippen molar-refractivity contribution in [2.24, 2.45) is 11.3 Å². The van der Waals surface area contributed by atoms with Gasteiger partial charge < -0.3 is 19.3 Å². The van der Waals surface area contributed by atoms with E-state index in [-0.39, 0.29) is 58.7 Å². The van der Waals surface area contributed by atoms with E-state index in [4.69, 9.17) is 14.5 Å². The van der Waals surface area contributed by atoms with E-state index in [2.05, 4.69) is 54.3 Å². The number of aryl methyl sites for hydroxylation is 2. The molecular formula is C38H49N7O5S. The maximum Gasteiger partial charge on any atom is 0.264 e. The summed E-state index contributed by atoms with van der Waals surface area (Å²) in [6, 6.07) is 13.2. The molecule has 1 aliphatic heterocycles. The van der Waals surface area contributed by atoms with Gasteiger partial charge >= 0.3 is 0 Å². The molecule has 0 unspecified atom stereocenters. The van der Waals surface area contributed by atoms with Gasteiger partial charge in [-0.2, -0.15) is 4.98 Å². The minimum absolute atomic E-state index is 0.0539. The Morgan fingerprint density at radius 1 is 1.04 bits per heavy atom. The second kappa shape index (κ2) is 15.3. The number of carbonyl (C=O) groups excluding carboxylic acids is 1. The van der Waals surface area contributed by atoms with Crippen molar-refractivity contribution in [3.63, 3.8) is 0 Å². The van der Waals surface area contributed by atoms with Crippen LogP contribution in [0.1, 0.15) is 68.2 Å². The van der Waals surface area contributed by atoms with E-state index in [0.717, 1.165) is 16.7 Å². The summed E-state index contributed by atoms with van der Waals surface area (Å²) >= 11 is 0. The lowest BCUT2D eigenvalue weighted by Gasteiger charge is -2.36. The summed E-state index contributed by atoms with van der Waals surface area (Å²) in [6.07, 6.45) is 3.92. The fourth-order valence-corrected chi connectivity index (χ4v) is 7.44. The molecule has 12 nitrogen and oxygen atoms in total. The molecule has 1 aliphatic rings. The molecule has 5 rings (SSSR count). The van der Waals surface area contributed by atoms with E-state index >= 15 is 0 Å². The van der Waals surface area contributed by atoms with E-state index in [1.165, 1.54) is 12.1 Å². The smallest absolute Gasteiger partial charge is 0.264 e. The SMILES string of the molecule is COC[C@H](C(C)C)N(C)c1cncc(CN2C(=O)c3cccc(c3)S(=O)(=O)Nc3nc(cc(-c4c(C)cccc4C)n3)OC[C@H]2CC(C)(C)C)n1. The average molecular weight is 716 g/mol. The predicted octanol–water partition coefficient (Wildman–Crippen LogP) is 6.30. The molecule has 0 fully saturated rings. The lowest BCUT2D eigenvalue weighted by atomic mass is 9.87. The first-order valence-corrected chi connectivity index (χ1v) is 18.6. The molecule has 3 heterocycles. The number of rotatable bonds is 9. The minimum Gasteiger partial charge on any atom is -0.475 e. The first-order chi connectivity index (χ1) is 24.1. The van der Waals surface area contributed by atoms with Crippen LogP contribution in [0, 0.1) is 25.2 Å². The predicted molar refractivity (Wildman–Crippen MR) is 198 cm³/mol. The van der Waals surface area contributed by atoms with Crippen LogP contribution in [-0.4, -0.2) is 78.6 Å². The lowest BCUT2D eigenvalue weighted by Crippen LogP contribution is -2.45. The van der Waals surface area contributed by atoms with Gasteiger partial charge in [0.2, 0.25) is 11.8 Å². The molecule has 4 bridgehead atoms. The van der Waals surface area contributed by atoms with Crippen LogP contribution in [-0.2, 0) is 21.3 Å². The first kappa shape index (κ1) is 37.6. The van der Waals surface area contributed by atoms with Gasteiger partial charge in [0, 0.05) is 31.4 Å². The third-order valence-corrected chi connectivity index (χ3v) is 10.3. The molecule has 2 atom stereocenters. The van der Waals surface area contributed by atoms with Gasteiger partial charge in [-0.15, -0.1) is 0 Å². The molecule has 2 aromatic carbocycles. The third kappa shape index (κ3) is 9.01. The number of methoxy groups -OCH3 is 1. The zero-order valence-corrected chi connectivity index (χ0v) is 31.8. The topological polar surface area (TPSA) is 140 Å². The molecule has 51 heavy (non-hydrogen) atoms. The highest BCUT2D eigenvalue weighted by Gasteiger charge is 2.32. The van der Waals surface area contributed by atoms with Gasteiger partial charge in [-0.05, 0) is 60.9 Å². The largest absolute Gasteiger partial charge is 0.475 e. The summed E-state index contributed by atoms with van der Waals surface area (Å²) in [7, 11) is -0.559. The van der Waals surface area contributed by atoms with Crippen LogP contribution in [0.15, 0.2) is 65.8 Å². The zero-order chi connectivity index (χ0) is 37.1. The van der Waals surface area contributed by atoms with Crippen LogP contribution in [0.3, 0.4) is 0 Å². The number of ether oxygens (including phenoxy) is 2. The number of aromatic nitrogens is 4. The number of carbonyl (C=O) groups is 1. The number of amides is 1. The fourth-order valence-electron chi connectivity index (χ4n) is 6.45. The first-order valence-electron chi connectivity index (χ1n) is 17.1. The van der Waals surface area contributed by atoms with Gasteiger partial charge in [-0.3, -0.25) is 9.78 Å². The van der Waals surface area contributed by atoms with Crippen molar-refractivity contribution in [3.05, 3.63) is 83.3 Å². The second-order valence-corrected chi connectivity index (χ2v) is 16.4. The number of likely N-dealkylation sites (N-methyl/N-ethyl adjacent to an activating group) is 1. The molecule has 0 spiro atoms. The molecule has 0 saturated carbocycles. The highest BCUT2D eigenvalue weighted by molar-refractivity contribution is 7.92. The van der Waals surface area contributed by atoms with E-state index in [0.29, 0.717) is 30.2 Å². The maximum absolute atomic E-state index is 14.6. The molecule has 2 aromatic heterocycles. The molecule has 13 heteroatoms. The van der Waals surface area contributed by atoms with E-state index in [1.807, 2.05) is 44.0 Å². The van der Waals surface area contributed by atoms with Crippen molar-refractivity contribution >= 4 is 27.7 Å². The molecule has 0 radical (unpaired) electrons. The second-order valence-electron chi connectivity index (χ2n) is 14.7. The zero-order valence-electron chi connectivity index (χ0n) is 31.0. The molecular weight excluding hydrogens is 667 g/mol. The van der Waals surface area contributed by atoms with Gasteiger partial charge in [0.25, 0.3) is 15.9 Å². The Balaban J connectivity index is 1.63. The van der Waals surface area contributed by atoms with E-state index < -0.39 is 16.1 Å². The van der Waals surface area contributed by atoms with Crippen LogP contribution >= 0.6 is 0 Å². The molecule has 0 aliphatic carbocycles. The highest BCUT2D eigenvalue weighted by Crippen LogP contribution is 2.32. The van der Waals surface area contributed by atoms with E-state index in [9.17, 15) is 13.2 Å². The summed E-state index contributed by atoms with van der Waals surface area (Å²) in [5.41, 5.74) is 3.87. The molecule has 0 saturated heterocycles. The molecule has 1 amide bonds.